The van der Waals surface area contributed by atoms with E-state index < -0.39 is 17.6 Å². The van der Waals surface area contributed by atoms with E-state index >= 15 is 0 Å². The normalized spacial score (nSPS) is 10.7. The summed E-state index contributed by atoms with van der Waals surface area (Å²) in [6.07, 6.45) is 0. The van der Waals surface area contributed by atoms with Gasteiger partial charge in [0.2, 0.25) is 0 Å². The molecular weight excluding hydrogens is 511 g/mol. The maximum absolute atomic E-state index is 14.2. The lowest BCUT2D eigenvalue weighted by molar-refractivity contribution is 0.101. The number of para-hydroxylation sites is 1. The first-order chi connectivity index (χ1) is 18.3. The molecule has 0 spiro atoms. The zero-order valence-corrected chi connectivity index (χ0v) is 21.8. The third-order valence-electron chi connectivity index (χ3n) is 5.53. The molecule has 0 fully saturated rings. The molecule has 2 amide bonds. The Morgan fingerprint density at radius 3 is 2.03 bits per heavy atom. The largest absolute Gasteiger partial charge is 0.492 e. The highest BCUT2D eigenvalue weighted by Gasteiger charge is 2.24. The molecule has 4 rings (SSSR count). The van der Waals surface area contributed by atoms with E-state index in [-0.39, 0.29) is 46.7 Å². The van der Waals surface area contributed by atoms with Crippen LogP contribution >= 0.6 is 11.6 Å². The molecule has 0 aliphatic carbocycles. The van der Waals surface area contributed by atoms with Crippen molar-refractivity contribution in [3.8, 4) is 17.2 Å². The summed E-state index contributed by atoms with van der Waals surface area (Å²) >= 11 is 6.57. The summed E-state index contributed by atoms with van der Waals surface area (Å²) in [5, 5.41) is 10.1. The number of aromatic nitrogens is 2. The van der Waals surface area contributed by atoms with Crippen LogP contribution in [0.25, 0.3) is 5.69 Å². The summed E-state index contributed by atoms with van der Waals surface area (Å²) in [7, 11) is 0. The summed E-state index contributed by atoms with van der Waals surface area (Å²) in [6.45, 7) is 5.81. The Morgan fingerprint density at radius 2 is 1.45 bits per heavy atom. The van der Waals surface area contributed by atoms with Crippen molar-refractivity contribution in [1.82, 2.24) is 9.78 Å². The Morgan fingerprint density at radius 1 is 0.895 bits per heavy atom. The van der Waals surface area contributed by atoms with Crippen LogP contribution in [0.15, 0.2) is 66.7 Å². The molecule has 0 radical (unpaired) electrons. The third kappa shape index (κ3) is 5.63. The standard InChI is InChI=1S/C28H26ClFN4O4/c1-4-37-23-16-22(24(38-5-2)15-21(23)31-27(35)19-13-9-10-14-20(19)30)32-28(36)25-17(3)33-34(26(25)29)18-11-7-6-8-12-18/h6-16H,4-5H2,1-3H3,(H,31,35)(H,32,36). The van der Waals surface area contributed by atoms with Gasteiger partial charge in [0, 0.05) is 12.1 Å². The molecule has 0 unspecified atom stereocenters. The van der Waals surface area contributed by atoms with E-state index in [4.69, 9.17) is 21.1 Å². The highest BCUT2D eigenvalue weighted by atomic mass is 35.5. The smallest absolute Gasteiger partial charge is 0.260 e. The second-order valence-electron chi connectivity index (χ2n) is 8.10. The number of hydrogen-bond acceptors (Lipinski definition) is 5. The Hall–Kier alpha value is -4.37. The van der Waals surface area contributed by atoms with Gasteiger partial charge >= 0.3 is 0 Å². The fraction of sp³-hybridized carbons (Fsp3) is 0.179. The van der Waals surface area contributed by atoms with Crippen molar-refractivity contribution in [2.24, 2.45) is 0 Å². The van der Waals surface area contributed by atoms with Crippen LogP contribution in [0.1, 0.15) is 40.3 Å². The van der Waals surface area contributed by atoms with Crippen molar-refractivity contribution in [1.29, 1.82) is 0 Å². The van der Waals surface area contributed by atoms with Gasteiger partial charge in [-0.2, -0.15) is 5.10 Å². The predicted molar refractivity (Wildman–Crippen MR) is 144 cm³/mol. The number of halogens is 2. The maximum Gasteiger partial charge on any atom is 0.260 e. The molecule has 2 N–H and O–H groups in total. The quantitative estimate of drug-likeness (QED) is 0.263. The minimum atomic E-state index is -0.654. The van der Waals surface area contributed by atoms with Gasteiger partial charge in [0.05, 0.1) is 41.5 Å². The molecule has 4 aromatic rings. The zero-order chi connectivity index (χ0) is 27.2. The molecule has 196 valence electrons. The number of carbonyl (C=O) groups excluding carboxylic acids is 2. The molecule has 1 aromatic heterocycles. The molecular formula is C28H26ClFN4O4. The summed E-state index contributed by atoms with van der Waals surface area (Å²) < 4.78 is 27.1. The topological polar surface area (TPSA) is 94.5 Å². The van der Waals surface area contributed by atoms with Crippen molar-refractivity contribution in [3.05, 3.63) is 94.5 Å². The van der Waals surface area contributed by atoms with E-state index in [0.29, 0.717) is 17.1 Å². The Bertz CT molecular complexity index is 1470. The van der Waals surface area contributed by atoms with Gasteiger partial charge < -0.3 is 20.1 Å². The van der Waals surface area contributed by atoms with Crippen molar-refractivity contribution in [2.45, 2.75) is 20.8 Å². The monoisotopic (exact) mass is 536 g/mol. The second-order valence-corrected chi connectivity index (χ2v) is 8.46. The molecule has 38 heavy (non-hydrogen) atoms. The summed E-state index contributed by atoms with van der Waals surface area (Å²) in [6, 6.07) is 17.9. The lowest BCUT2D eigenvalue weighted by Crippen LogP contribution is -2.17. The fourth-order valence-corrected chi connectivity index (χ4v) is 4.18. The number of nitrogens with one attached hydrogen (secondary N) is 2. The van der Waals surface area contributed by atoms with Gasteiger partial charge in [-0.25, -0.2) is 9.07 Å². The molecule has 8 nitrogen and oxygen atoms in total. The van der Waals surface area contributed by atoms with Crippen LogP contribution in [0, 0.1) is 12.7 Å². The van der Waals surface area contributed by atoms with E-state index in [0.717, 1.165) is 0 Å². The molecule has 0 aliphatic heterocycles. The van der Waals surface area contributed by atoms with Crippen LogP contribution < -0.4 is 20.1 Å². The van der Waals surface area contributed by atoms with Crippen LogP contribution in [0.2, 0.25) is 5.15 Å². The van der Waals surface area contributed by atoms with Gasteiger partial charge in [-0.1, -0.05) is 41.9 Å². The molecule has 0 saturated heterocycles. The van der Waals surface area contributed by atoms with E-state index in [1.165, 1.54) is 35.0 Å². The van der Waals surface area contributed by atoms with E-state index in [9.17, 15) is 14.0 Å². The Labute approximate surface area is 224 Å². The van der Waals surface area contributed by atoms with Gasteiger partial charge in [0.15, 0.2) is 0 Å². The van der Waals surface area contributed by atoms with Gasteiger partial charge in [0.1, 0.15) is 28.0 Å². The van der Waals surface area contributed by atoms with Crippen LogP contribution in [0.4, 0.5) is 15.8 Å². The van der Waals surface area contributed by atoms with E-state index in [1.54, 1.807) is 26.8 Å². The zero-order valence-electron chi connectivity index (χ0n) is 21.0. The fourth-order valence-electron chi connectivity index (χ4n) is 3.82. The number of benzene rings is 3. The van der Waals surface area contributed by atoms with Crippen LogP contribution in [-0.2, 0) is 0 Å². The first-order valence-corrected chi connectivity index (χ1v) is 12.3. The second kappa shape index (κ2) is 11.8. The minimum absolute atomic E-state index is 0.120. The number of amides is 2. The maximum atomic E-state index is 14.2. The summed E-state index contributed by atoms with van der Waals surface area (Å²) in [4.78, 5) is 26.1. The molecule has 0 aliphatic rings. The van der Waals surface area contributed by atoms with Crippen LogP contribution in [0.5, 0.6) is 11.5 Å². The van der Waals surface area contributed by atoms with Crippen LogP contribution in [-0.4, -0.2) is 34.8 Å². The molecule has 10 heteroatoms. The van der Waals surface area contributed by atoms with Crippen molar-refractivity contribution < 1.29 is 23.5 Å². The number of carbonyl (C=O) groups is 2. The van der Waals surface area contributed by atoms with E-state index in [1.807, 2.05) is 30.3 Å². The number of aryl methyl sites for hydroxylation is 1. The summed E-state index contributed by atoms with van der Waals surface area (Å²) in [5.74, 6) is -1.27. The summed E-state index contributed by atoms with van der Waals surface area (Å²) in [5.41, 5.74) is 1.79. The lowest BCUT2D eigenvalue weighted by Gasteiger charge is -2.18. The Balaban J connectivity index is 1.68. The predicted octanol–water partition coefficient (Wildman–Crippen LogP) is 6.28. The van der Waals surface area contributed by atoms with Gasteiger partial charge in [-0.3, -0.25) is 9.59 Å². The van der Waals surface area contributed by atoms with E-state index in [2.05, 4.69) is 15.7 Å². The number of ether oxygens (including phenoxy) is 2. The SMILES string of the molecule is CCOc1cc(NC(=O)c2c(C)nn(-c3ccccc3)c2Cl)c(OCC)cc1NC(=O)c1ccccc1F. The molecule has 1 heterocycles. The molecule has 0 saturated carbocycles. The highest BCUT2D eigenvalue weighted by Crippen LogP contribution is 2.38. The number of nitrogens with zero attached hydrogens (tertiary/aromatic N) is 2. The highest BCUT2D eigenvalue weighted by molar-refractivity contribution is 6.34. The van der Waals surface area contributed by atoms with Gasteiger partial charge in [-0.05, 0) is 45.0 Å². The van der Waals surface area contributed by atoms with Crippen LogP contribution in [0.3, 0.4) is 0 Å². The average Bonchev–Trinajstić information content (AvgIpc) is 3.21. The third-order valence-corrected chi connectivity index (χ3v) is 5.88. The first-order valence-electron chi connectivity index (χ1n) is 11.9. The molecule has 3 aromatic carbocycles. The van der Waals surface area contributed by atoms with Crippen molar-refractivity contribution in [3.63, 3.8) is 0 Å². The van der Waals surface area contributed by atoms with Gasteiger partial charge in [-0.15, -0.1) is 0 Å². The number of rotatable bonds is 9. The minimum Gasteiger partial charge on any atom is -0.492 e. The average molecular weight is 537 g/mol. The Kier molecular flexibility index (Phi) is 8.28. The van der Waals surface area contributed by atoms with Crippen molar-refractivity contribution >= 4 is 34.8 Å². The number of anilines is 2. The molecule has 0 bridgehead atoms. The number of hydrogen-bond donors (Lipinski definition) is 2. The first kappa shape index (κ1) is 26.7. The van der Waals surface area contributed by atoms with Gasteiger partial charge in [0.25, 0.3) is 11.8 Å². The molecule has 0 atom stereocenters. The van der Waals surface area contributed by atoms with Crippen molar-refractivity contribution in [2.75, 3.05) is 23.8 Å². The lowest BCUT2D eigenvalue weighted by atomic mass is 10.1.